The number of nitrogens with zero attached hydrogens (tertiary/aromatic N) is 2. The molecule has 0 aliphatic heterocycles. The highest BCUT2D eigenvalue weighted by Crippen LogP contribution is 2.29. The van der Waals surface area contributed by atoms with Crippen molar-refractivity contribution in [2.45, 2.75) is 13.5 Å². The molecule has 0 aliphatic carbocycles. The SMILES string of the molecule is CN=C(NCc1ncc(C)s1)Nc1ccc(OC)c(OC)c1.I. The van der Waals surface area contributed by atoms with Crippen LogP contribution in [-0.2, 0) is 6.54 Å². The van der Waals surface area contributed by atoms with Gasteiger partial charge in [-0.25, -0.2) is 4.98 Å². The fourth-order valence-electron chi connectivity index (χ4n) is 1.87. The molecule has 2 rings (SSSR count). The molecule has 0 saturated heterocycles. The first kappa shape index (κ1) is 19.5. The van der Waals surface area contributed by atoms with Crippen LogP contribution in [0.4, 0.5) is 5.69 Å². The van der Waals surface area contributed by atoms with Crippen LogP contribution < -0.4 is 20.1 Å². The maximum Gasteiger partial charge on any atom is 0.195 e. The summed E-state index contributed by atoms with van der Waals surface area (Å²) in [5, 5.41) is 7.46. The molecule has 0 fully saturated rings. The lowest BCUT2D eigenvalue weighted by Crippen LogP contribution is -2.30. The van der Waals surface area contributed by atoms with Gasteiger partial charge in [-0.2, -0.15) is 0 Å². The van der Waals surface area contributed by atoms with Gasteiger partial charge in [0.15, 0.2) is 17.5 Å². The second-order valence-corrected chi connectivity index (χ2v) is 5.80. The molecule has 0 atom stereocenters. The second-order valence-electron chi connectivity index (χ2n) is 4.49. The first-order valence-corrected chi connectivity index (χ1v) is 7.59. The fourth-order valence-corrected chi connectivity index (χ4v) is 2.60. The Labute approximate surface area is 157 Å². The number of thiazole rings is 1. The zero-order chi connectivity index (χ0) is 15.9. The molecule has 0 radical (unpaired) electrons. The maximum atomic E-state index is 5.29. The van der Waals surface area contributed by atoms with Gasteiger partial charge in [0.25, 0.3) is 0 Å². The quantitative estimate of drug-likeness (QED) is 0.418. The highest BCUT2D eigenvalue weighted by atomic mass is 127. The fraction of sp³-hybridized carbons (Fsp3) is 0.333. The van der Waals surface area contributed by atoms with Crippen LogP contribution in [0.5, 0.6) is 11.5 Å². The number of hydrogen-bond donors (Lipinski definition) is 2. The van der Waals surface area contributed by atoms with Crippen molar-refractivity contribution in [3.8, 4) is 11.5 Å². The van der Waals surface area contributed by atoms with E-state index in [0.29, 0.717) is 24.0 Å². The number of aromatic nitrogens is 1. The molecule has 0 bridgehead atoms. The number of aliphatic imine (C=N–C) groups is 1. The summed E-state index contributed by atoms with van der Waals surface area (Å²) in [6.07, 6.45) is 1.87. The van der Waals surface area contributed by atoms with E-state index < -0.39 is 0 Å². The molecule has 0 aliphatic rings. The summed E-state index contributed by atoms with van der Waals surface area (Å²) < 4.78 is 10.5. The molecule has 0 saturated carbocycles. The van der Waals surface area contributed by atoms with Gasteiger partial charge in [-0.05, 0) is 19.1 Å². The van der Waals surface area contributed by atoms with Gasteiger partial charge >= 0.3 is 0 Å². The van der Waals surface area contributed by atoms with Crippen LogP contribution >= 0.6 is 35.3 Å². The predicted molar refractivity (Wildman–Crippen MR) is 106 cm³/mol. The highest BCUT2D eigenvalue weighted by molar-refractivity contribution is 14.0. The van der Waals surface area contributed by atoms with Gasteiger partial charge in [0.2, 0.25) is 0 Å². The Hall–Kier alpha value is -1.55. The van der Waals surface area contributed by atoms with Crippen molar-refractivity contribution in [1.82, 2.24) is 10.3 Å². The van der Waals surface area contributed by atoms with E-state index in [-0.39, 0.29) is 24.0 Å². The third-order valence-corrected chi connectivity index (χ3v) is 3.86. The largest absolute Gasteiger partial charge is 0.493 e. The molecule has 2 N–H and O–H groups in total. The van der Waals surface area contributed by atoms with E-state index in [1.165, 1.54) is 4.88 Å². The average Bonchev–Trinajstić information content (AvgIpc) is 2.96. The molecule has 126 valence electrons. The summed E-state index contributed by atoms with van der Waals surface area (Å²) >= 11 is 1.66. The number of ether oxygens (including phenoxy) is 2. The van der Waals surface area contributed by atoms with Gasteiger partial charge in [0.05, 0.1) is 20.8 Å². The molecule has 0 amide bonds. The van der Waals surface area contributed by atoms with Crippen molar-refractivity contribution in [2.24, 2.45) is 4.99 Å². The van der Waals surface area contributed by atoms with Crippen LogP contribution in [0.15, 0.2) is 29.4 Å². The van der Waals surface area contributed by atoms with Crippen LogP contribution in [0.3, 0.4) is 0 Å². The minimum Gasteiger partial charge on any atom is -0.493 e. The molecular formula is C15H21IN4O2S. The lowest BCUT2D eigenvalue weighted by Gasteiger charge is -2.13. The Kier molecular flexibility index (Phi) is 8.10. The van der Waals surface area contributed by atoms with Crippen LogP contribution in [0.2, 0.25) is 0 Å². The van der Waals surface area contributed by atoms with Crippen molar-refractivity contribution in [3.63, 3.8) is 0 Å². The summed E-state index contributed by atoms with van der Waals surface area (Å²) in [4.78, 5) is 9.71. The maximum absolute atomic E-state index is 5.29. The summed E-state index contributed by atoms with van der Waals surface area (Å²) in [5.74, 6) is 2.02. The average molecular weight is 448 g/mol. The predicted octanol–water partition coefficient (Wildman–Crippen LogP) is 3.27. The van der Waals surface area contributed by atoms with Gasteiger partial charge < -0.3 is 20.1 Å². The summed E-state index contributed by atoms with van der Waals surface area (Å²) in [6.45, 7) is 2.67. The van der Waals surface area contributed by atoms with Crippen molar-refractivity contribution in [1.29, 1.82) is 0 Å². The van der Waals surface area contributed by atoms with E-state index in [1.54, 1.807) is 32.6 Å². The van der Waals surface area contributed by atoms with Crippen LogP contribution in [0.25, 0.3) is 0 Å². The van der Waals surface area contributed by atoms with Gasteiger partial charge in [0, 0.05) is 29.9 Å². The molecule has 8 heteroatoms. The lowest BCUT2D eigenvalue weighted by molar-refractivity contribution is 0.355. The minimum absolute atomic E-state index is 0. The molecule has 6 nitrogen and oxygen atoms in total. The van der Waals surface area contributed by atoms with E-state index in [1.807, 2.05) is 31.3 Å². The monoisotopic (exact) mass is 448 g/mol. The number of rotatable bonds is 5. The van der Waals surface area contributed by atoms with Crippen molar-refractivity contribution < 1.29 is 9.47 Å². The Balaban J connectivity index is 0.00000264. The van der Waals surface area contributed by atoms with Gasteiger partial charge in [-0.15, -0.1) is 35.3 Å². The molecule has 23 heavy (non-hydrogen) atoms. The second kappa shape index (κ2) is 9.56. The Bertz CT molecular complexity index is 661. The van der Waals surface area contributed by atoms with Crippen LogP contribution in [0, 0.1) is 6.92 Å². The van der Waals surface area contributed by atoms with E-state index in [0.717, 1.165) is 10.7 Å². The molecular weight excluding hydrogens is 427 g/mol. The number of methoxy groups -OCH3 is 2. The van der Waals surface area contributed by atoms with Crippen LogP contribution in [-0.4, -0.2) is 32.2 Å². The first-order valence-electron chi connectivity index (χ1n) is 6.77. The number of anilines is 1. The number of aryl methyl sites for hydroxylation is 1. The highest BCUT2D eigenvalue weighted by Gasteiger charge is 2.07. The standard InChI is InChI=1S/C15H20N4O2S.HI/c1-10-8-17-14(22-10)9-18-15(16-2)19-11-5-6-12(20-3)13(7-11)21-4;/h5-8H,9H2,1-4H3,(H2,16,18,19);1H. The molecule has 0 spiro atoms. The summed E-state index contributed by atoms with van der Waals surface area (Å²) in [7, 11) is 4.95. The number of benzene rings is 1. The van der Waals surface area contributed by atoms with E-state index in [2.05, 4.69) is 20.6 Å². The van der Waals surface area contributed by atoms with Crippen molar-refractivity contribution >= 4 is 47.0 Å². The van der Waals surface area contributed by atoms with Gasteiger partial charge in [-0.1, -0.05) is 0 Å². The number of guanidine groups is 1. The molecule has 2 aromatic rings. The smallest absolute Gasteiger partial charge is 0.195 e. The normalized spacial score (nSPS) is 10.7. The third-order valence-electron chi connectivity index (χ3n) is 2.95. The Morgan fingerprint density at radius 1 is 1.26 bits per heavy atom. The van der Waals surface area contributed by atoms with E-state index in [9.17, 15) is 0 Å². The topological polar surface area (TPSA) is 67.8 Å². The zero-order valence-corrected chi connectivity index (χ0v) is 16.7. The first-order chi connectivity index (χ1) is 10.7. The number of halogens is 1. The summed E-state index contributed by atoms with van der Waals surface area (Å²) in [6, 6.07) is 5.61. The molecule has 1 aromatic heterocycles. The van der Waals surface area contributed by atoms with E-state index in [4.69, 9.17) is 9.47 Å². The molecule has 1 aromatic carbocycles. The van der Waals surface area contributed by atoms with Crippen molar-refractivity contribution in [3.05, 3.63) is 34.3 Å². The van der Waals surface area contributed by atoms with Crippen LogP contribution in [0.1, 0.15) is 9.88 Å². The number of hydrogen-bond acceptors (Lipinski definition) is 5. The molecule has 0 unspecified atom stereocenters. The Morgan fingerprint density at radius 2 is 2.00 bits per heavy atom. The number of nitrogens with one attached hydrogen (secondary N) is 2. The minimum atomic E-state index is 0. The van der Waals surface area contributed by atoms with Gasteiger partial charge in [-0.3, -0.25) is 4.99 Å². The lowest BCUT2D eigenvalue weighted by atomic mass is 10.3. The molecule has 1 heterocycles. The van der Waals surface area contributed by atoms with E-state index >= 15 is 0 Å². The third kappa shape index (κ3) is 5.54. The van der Waals surface area contributed by atoms with Gasteiger partial charge in [0.1, 0.15) is 5.01 Å². The summed E-state index contributed by atoms with van der Waals surface area (Å²) in [5.41, 5.74) is 0.862. The van der Waals surface area contributed by atoms with Crippen molar-refractivity contribution in [2.75, 3.05) is 26.6 Å². The zero-order valence-electron chi connectivity index (χ0n) is 13.5. The Morgan fingerprint density at radius 3 is 2.57 bits per heavy atom.